The van der Waals surface area contributed by atoms with E-state index in [1.54, 1.807) is 13.8 Å². The second-order valence-corrected chi connectivity index (χ2v) is 3.96. The maximum Gasteiger partial charge on any atom is 0.221 e. The van der Waals surface area contributed by atoms with Gasteiger partial charge in [0.25, 0.3) is 0 Å². The topological polar surface area (TPSA) is 59.2 Å². The lowest BCUT2D eigenvalue weighted by Crippen LogP contribution is -2.37. The van der Waals surface area contributed by atoms with E-state index in [0.717, 1.165) is 19.4 Å². The summed E-state index contributed by atoms with van der Waals surface area (Å²) in [6, 6.07) is 0. The Morgan fingerprint density at radius 1 is 1.47 bits per heavy atom. The van der Waals surface area contributed by atoms with Crippen molar-refractivity contribution < 1.29 is 9.21 Å². The zero-order chi connectivity index (χ0) is 10.8. The van der Waals surface area contributed by atoms with Gasteiger partial charge in [0.1, 0.15) is 0 Å². The smallest absolute Gasteiger partial charge is 0.221 e. The number of aryl methyl sites for hydroxylation is 1. The van der Waals surface area contributed by atoms with Gasteiger partial charge < -0.3 is 9.32 Å². The van der Waals surface area contributed by atoms with E-state index in [2.05, 4.69) is 10.2 Å². The van der Waals surface area contributed by atoms with Crippen LogP contribution < -0.4 is 0 Å². The third-order valence-electron chi connectivity index (χ3n) is 2.76. The summed E-state index contributed by atoms with van der Waals surface area (Å²) < 4.78 is 5.39. The number of rotatable bonds is 1. The number of carbonyl (C=O) groups excluding carboxylic acids is 1. The lowest BCUT2D eigenvalue weighted by atomic mass is 9.98. The second-order valence-electron chi connectivity index (χ2n) is 3.96. The van der Waals surface area contributed by atoms with E-state index in [9.17, 15) is 4.79 Å². The Labute approximate surface area is 106 Å². The molecule has 0 N–H and O–H groups in total. The third kappa shape index (κ3) is 3.77. The van der Waals surface area contributed by atoms with Gasteiger partial charge in [-0.15, -0.1) is 10.2 Å². The summed E-state index contributed by atoms with van der Waals surface area (Å²) in [5, 5.41) is 7.82. The first-order valence-electron chi connectivity index (χ1n) is 5.22. The van der Waals surface area contributed by atoms with Crippen molar-refractivity contribution in [2.24, 2.45) is 0 Å². The maximum atomic E-state index is 11.2. The van der Waals surface area contributed by atoms with E-state index < -0.39 is 0 Å². The van der Waals surface area contributed by atoms with Crippen molar-refractivity contribution in [2.75, 3.05) is 13.1 Å². The summed E-state index contributed by atoms with van der Waals surface area (Å²) in [5.74, 6) is 1.59. The average Bonchev–Trinajstić information content (AvgIpc) is 2.65. The Hall–Kier alpha value is -0.960. The van der Waals surface area contributed by atoms with Crippen LogP contribution in [0.3, 0.4) is 0 Å². The van der Waals surface area contributed by atoms with Gasteiger partial charge in [-0.3, -0.25) is 4.79 Å². The Balaban J connectivity index is 0.00000128. The van der Waals surface area contributed by atoms with Crippen LogP contribution >= 0.6 is 9.90 Å². The van der Waals surface area contributed by atoms with Crippen molar-refractivity contribution in [1.29, 1.82) is 0 Å². The van der Waals surface area contributed by atoms with E-state index in [1.807, 2.05) is 4.90 Å². The molecule has 0 spiro atoms. The van der Waals surface area contributed by atoms with Gasteiger partial charge in [0.05, 0.1) is 5.92 Å². The molecule has 1 amide bonds. The number of aromatic nitrogens is 2. The predicted molar refractivity (Wildman–Crippen MR) is 71.1 cm³/mol. The van der Waals surface area contributed by atoms with Crippen LogP contribution in [0.2, 0.25) is 0 Å². The minimum atomic E-state index is 0. The molecule has 1 fully saturated rings. The highest BCUT2D eigenvalue weighted by Crippen LogP contribution is 2.25. The largest absolute Gasteiger partial charge is 0.425 e. The van der Waals surface area contributed by atoms with Crippen molar-refractivity contribution in [3.8, 4) is 0 Å². The fourth-order valence-corrected chi connectivity index (χ4v) is 1.94. The van der Waals surface area contributed by atoms with Gasteiger partial charge in [-0.1, -0.05) is 7.43 Å². The van der Waals surface area contributed by atoms with Crippen molar-refractivity contribution >= 4 is 15.8 Å². The number of carbonyl (C=O) groups is 1. The zero-order valence-corrected chi connectivity index (χ0v) is 11.2. The molecule has 6 heteroatoms. The molecule has 5 nitrogen and oxygen atoms in total. The molecule has 0 radical (unpaired) electrons. The Bertz CT molecular complexity index is 367. The summed E-state index contributed by atoms with van der Waals surface area (Å²) in [5.41, 5.74) is 0. The number of hydrogen-bond donors (Lipinski definition) is 0. The van der Waals surface area contributed by atoms with Crippen LogP contribution in [-0.2, 0) is 4.79 Å². The molecule has 2 unspecified atom stereocenters. The van der Waals surface area contributed by atoms with Gasteiger partial charge in [-0.2, -0.15) is 9.90 Å². The molecule has 0 saturated carbocycles. The molecule has 98 valence electrons. The SMILES string of the molecule is C.CC(=O)N1CCCC(c2nnc(C)o2)C1.P. The van der Waals surface area contributed by atoms with Crippen LogP contribution in [0.15, 0.2) is 4.42 Å². The minimum absolute atomic E-state index is 0. The molecule has 0 aromatic carbocycles. The van der Waals surface area contributed by atoms with Crippen LogP contribution in [-0.4, -0.2) is 34.1 Å². The first-order chi connectivity index (χ1) is 7.16. The molecular formula is C11H22N3O2P. The van der Waals surface area contributed by atoms with E-state index in [1.165, 1.54) is 0 Å². The van der Waals surface area contributed by atoms with Crippen molar-refractivity contribution in [3.63, 3.8) is 0 Å². The summed E-state index contributed by atoms with van der Waals surface area (Å²) in [4.78, 5) is 13.1. The summed E-state index contributed by atoms with van der Waals surface area (Å²) >= 11 is 0. The van der Waals surface area contributed by atoms with Crippen molar-refractivity contribution in [3.05, 3.63) is 11.8 Å². The van der Waals surface area contributed by atoms with Gasteiger partial charge in [0.2, 0.25) is 17.7 Å². The number of likely N-dealkylation sites (tertiary alicyclic amines) is 1. The fraction of sp³-hybridized carbons (Fsp3) is 0.727. The molecule has 2 atom stereocenters. The lowest BCUT2D eigenvalue weighted by Gasteiger charge is -2.30. The average molecular weight is 259 g/mol. The monoisotopic (exact) mass is 259 g/mol. The molecule has 0 bridgehead atoms. The molecule has 1 aromatic rings. The molecule has 17 heavy (non-hydrogen) atoms. The summed E-state index contributed by atoms with van der Waals surface area (Å²) in [6.07, 6.45) is 2.02. The number of amides is 1. The van der Waals surface area contributed by atoms with Gasteiger partial charge in [-0.25, -0.2) is 0 Å². The highest BCUT2D eigenvalue weighted by Gasteiger charge is 2.26. The van der Waals surface area contributed by atoms with E-state index >= 15 is 0 Å². The third-order valence-corrected chi connectivity index (χ3v) is 2.76. The number of piperidine rings is 1. The molecule has 2 rings (SSSR count). The van der Waals surface area contributed by atoms with Crippen molar-refractivity contribution in [1.82, 2.24) is 15.1 Å². The second kappa shape index (κ2) is 6.70. The maximum absolute atomic E-state index is 11.2. The molecule has 1 saturated heterocycles. The van der Waals surface area contributed by atoms with Crippen molar-refractivity contribution in [2.45, 2.75) is 40.0 Å². The van der Waals surface area contributed by atoms with E-state index in [-0.39, 0.29) is 29.2 Å². The lowest BCUT2D eigenvalue weighted by molar-refractivity contribution is -0.130. The zero-order valence-electron chi connectivity index (χ0n) is 9.77. The number of nitrogens with zero attached hydrogens (tertiary/aromatic N) is 3. The van der Waals surface area contributed by atoms with Crippen LogP contribution in [0.5, 0.6) is 0 Å². The van der Waals surface area contributed by atoms with Crippen LogP contribution in [0.4, 0.5) is 0 Å². The van der Waals surface area contributed by atoms with Gasteiger partial charge in [0, 0.05) is 26.9 Å². The summed E-state index contributed by atoms with van der Waals surface area (Å²) in [6.45, 7) is 4.93. The Morgan fingerprint density at radius 2 is 2.18 bits per heavy atom. The summed E-state index contributed by atoms with van der Waals surface area (Å²) in [7, 11) is 0. The van der Waals surface area contributed by atoms with Gasteiger partial charge in [0.15, 0.2) is 0 Å². The van der Waals surface area contributed by atoms with Gasteiger partial charge in [-0.05, 0) is 12.8 Å². The predicted octanol–water partition coefficient (Wildman–Crippen LogP) is 1.80. The molecule has 0 aliphatic carbocycles. The normalized spacial score (nSPS) is 19.2. The first-order valence-corrected chi connectivity index (χ1v) is 5.22. The molecule has 1 aliphatic rings. The van der Waals surface area contributed by atoms with Crippen LogP contribution in [0.25, 0.3) is 0 Å². The minimum Gasteiger partial charge on any atom is -0.425 e. The fourth-order valence-electron chi connectivity index (χ4n) is 1.94. The first kappa shape index (κ1) is 16.0. The van der Waals surface area contributed by atoms with E-state index in [0.29, 0.717) is 18.3 Å². The highest BCUT2D eigenvalue weighted by atomic mass is 31.0. The van der Waals surface area contributed by atoms with Crippen LogP contribution in [0, 0.1) is 6.92 Å². The molecule has 2 heterocycles. The molecule has 1 aromatic heterocycles. The Kier molecular flexibility index (Phi) is 6.32. The Morgan fingerprint density at radius 3 is 2.71 bits per heavy atom. The standard InChI is InChI=1S/C10H15N3O2.CH4.H3P/c1-7-11-12-10(15-7)9-4-3-5-13(6-9)8(2)14;;/h9H,3-6H2,1-2H3;1H4;1H3. The van der Waals surface area contributed by atoms with Crippen LogP contribution in [0.1, 0.15) is 44.9 Å². The highest BCUT2D eigenvalue weighted by molar-refractivity contribution is 6.92. The number of hydrogen-bond acceptors (Lipinski definition) is 4. The van der Waals surface area contributed by atoms with Gasteiger partial charge >= 0.3 is 0 Å². The molecule has 1 aliphatic heterocycles. The van der Waals surface area contributed by atoms with E-state index in [4.69, 9.17) is 4.42 Å². The quantitative estimate of drug-likeness (QED) is 0.721. The molecular weight excluding hydrogens is 237 g/mol.